The molecule has 0 atom stereocenters. The van der Waals surface area contributed by atoms with Gasteiger partial charge in [-0.25, -0.2) is 14.0 Å². The van der Waals surface area contributed by atoms with Crippen LogP contribution in [-0.2, 0) is 25.5 Å². The second-order valence-corrected chi connectivity index (χ2v) is 6.82. The van der Waals surface area contributed by atoms with Gasteiger partial charge in [0, 0.05) is 17.7 Å². The zero-order chi connectivity index (χ0) is 23.5. The molecule has 2 rings (SSSR count). The van der Waals surface area contributed by atoms with Crippen LogP contribution in [0.25, 0.3) is 16.7 Å². The molecule has 0 saturated carbocycles. The average Bonchev–Trinajstić information content (AvgIpc) is 2.80. The van der Waals surface area contributed by atoms with Gasteiger partial charge in [-0.1, -0.05) is 68.8 Å². The van der Waals surface area contributed by atoms with Crippen molar-refractivity contribution < 1.29 is 23.5 Å². The Morgan fingerprint density at radius 2 is 1.56 bits per heavy atom. The first-order valence-corrected chi connectivity index (χ1v) is 9.92. The van der Waals surface area contributed by atoms with Crippen molar-refractivity contribution in [3.05, 3.63) is 116 Å². The third-order valence-corrected chi connectivity index (χ3v) is 4.49. The summed E-state index contributed by atoms with van der Waals surface area (Å²) in [7, 11) is 0. The van der Waals surface area contributed by atoms with Crippen LogP contribution in [0.15, 0.2) is 98.8 Å². The van der Waals surface area contributed by atoms with Gasteiger partial charge in [0.2, 0.25) is 0 Å². The molecule has 0 aliphatic heterocycles. The molecule has 0 aliphatic carbocycles. The Kier molecular flexibility index (Phi) is 9.11. The van der Waals surface area contributed by atoms with Crippen molar-refractivity contribution in [3.8, 4) is 11.1 Å². The summed E-state index contributed by atoms with van der Waals surface area (Å²) in [5, 5.41) is 0. The summed E-state index contributed by atoms with van der Waals surface area (Å²) in [4.78, 5) is 22.2. The van der Waals surface area contributed by atoms with E-state index in [1.807, 2.05) is 30.3 Å². The van der Waals surface area contributed by atoms with Crippen molar-refractivity contribution in [1.29, 1.82) is 0 Å². The molecule has 0 unspecified atom stereocenters. The highest BCUT2D eigenvalue weighted by molar-refractivity contribution is 5.82. The highest BCUT2D eigenvalue weighted by atomic mass is 19.1. The molecule has 0 aliphatic rings. The van der Waals surface area contributed by atoms with Crippen molar-refractivity contribution in [3.63, 3.8) is 0 Å². The first-order valence-electron chi connectivity index (χ1n) is 9.92. The lowest BCUT2D eigenvalue weighted by Crippen LogP contribution is -2.02. The second kappa shape index (κ2) is 12.0. The van der Waals surface area contributed by atoms with Gasteiger partial charge < -0.3 is 9.47 Å². The summed E-state index contributed by atoms with van der Waals surface area (Å²) < 4.78 is 24.5. The Morgan fingerprint density at radius 3 is 2.19 bits per heavy atom. The fraction of sp³-hybridized carbons (Fsp3) is 0.111. The normalized spacial score (nSPS) is 10.4. The van der Waals surface area contributed by atoms with E-state index in [-0.39, 0.29) is 5.76 Å². The predicted molar refractivity (Wildman–Crippen MR) is 125 cm³/mol. The molecule has 0 aromatic heterocycles. The van der Waals surface area contributed by atoms with Crippen LogP contribution < -0.4 is 0 Å². The summed E-state index contributed by atoms with van der Waals surface area (Å²) in [5.41, 5.74) is 3.45. The zero-order valence-electron chi connectivity index (χ0n) is 17.8. The Hall–Kier alpha value is -3.99. The Bertz CT molecular complexity index is 1060. The Morgan fingerprint density at radius 1 is 0.906 bits per heavy atom. The molecule has 164 valence electrons. The number of halogens is 1. The van der Waals surface area contributed by atoms with Crippen LogP contribution in [-0.4, -0.2) is 18.5 Å². The molecule has 0 radical (unpaired) electrons. The van der Waals surface area contributed by atoms with Gasteiger partial charge in [-0.3, -0.25) is 0 Å². The highest BCUT2D eigenvalue weighted by Gasteiger charge is 2.08. The monoisotopic (exact) mass is 432 g/mol. The van der Waals surface area contributed by atoms with Crippen molar-refractivity contribution in [2.75, 3.05) is 6.61 Å². The minimum absolute atomic E-state index is 0.104. The first-order chi connectivity index (χ1) is 15.3. The summed E-state index contributed by atoms with van der Waals surface area (Å²) in [5.74, 6) is -1.36. The van der Waals surface area contributed by atoms with E-state index in [1.54, 1.807) is 6.07 Å². The van der Waals surface area contributed by atoms with E-state index in [0.717, 1.165) is 35.3 Å². The Labute approximate surface area is 187 Å². The molecule has 0 heterocycles. The molecule has 4 nitrogen and oxygen atoms in total. The van der Waals surface area contributed by atoms with E-state index < -0.39 is 17.8 Å². The largest absolute Gasteiger partial charge is 0.463 e. The van der Waals surface area contributed by atoms with Gasteiger partial charge in [0.1, 0.15) is 11.6 Å². The third kappa shape index (κ3) is 7.36. The smallest absolute Gasteiger partial charge is 0.335 e. The quantitative estimate of drug-likeness (QED) is 0.144. The molecule has 0 saturated heterocycles. The van der Waals surface area contributed by atoms with Gasteiger partial charge in [0.05, 0.1) is 6.61 Å². The molecule has 2 aromatic rings. The third-order valence-electron chi connectivity index (χ3n) is 4.49. The maximum atomic E-state index is 14.7. The minimum atomic E-state index is -0.622. The van der Waals surface area contributed by atoms with Crippen LogP contribution >= 0.6 is 0 Å². The SMILES string of the molecule is C=CC(=O)OCCCc1ccc(-c2ccc(C(=C)/C=C\C(=C)OC(=O)C=C)c(F)c2)cc1. The van der Waals surface area contributed by atoms with Crippen LogP contribution in [0.2, 0.25) is 0 Å². The number of rotatable bonds is 11. The molecule has 2 aromatic carbocycles. The maximum Gasteiger partial charge on any atom is 0.335 e. The number of allylic oxidation sites excluding steroid dienone is 3. The predicted octanol–water partition coefficient (Wildman–Crippen LogP) is 5.97. The molecule has 32 heavy (non-hydrogen) atoms. The van der Waals surface area contributed by atoms with E-state index in [1.165, 1.54) is 18.2 Å². The highest BCUT2D eigenvalue weighted by Crippen LogP contribution is 2.26. The Balaban J connectivity index is 2.00. The van der Waals surface area contributed by atoms with Crippen LogP contribution in [0.3, 0.4) is 0 Å². The molecular weight excluding hydrogens is 407 g/mol. The van der Waals surface area contributed by atoms with Crippen LogP contribution in [0, 0.1) is 5.82 Å². The molecule has 0 amide bonds. The van der Waals surface area contributed by atoms with E-state index in [4.69, 9.17) is 9.47 Å². The molecule has 0 fully saturated rings. The number of esters is 2. The number of hydrogen-bond donors (Lipinski definition) is 0. The number of benzene rings is 2. The minimum Gasteiger partial charge on any atom is -0.463 e. The van der Waals surface area contributed by atoms with Gasteiger partial charge in [0.15, 0.2) is 0 Å². The summed E-state index contributed by atoms with van der Waals surface area (Å²) in [6.45, 7) is 14.4. The van der Waals surface area contributed by atoms with Crippen molar-refractivity contribution in [2.24, 2.45) is 0 Å². The molecule has 0 spiro atoms. The topological polar surface area (TPSA) is 52.6 Å². The lowest BCUT2D eigenvalue weighted by molar-refractivity contribution is -0.138. The molecule has 0 bridgehead atoms. The number of carbonyl (C=O) groups excluding carboxylic acids is 2. The van der Waals surface area contributed by atoms with Crippen LogP contribution in [0.1, 0.15) is 17.5 Å². The maximum absolute atomic E-state index is 14.7. The second-order valence-electron chi connectivity index (χ2n) is 6.82. The van der Waals surface area contributed by atoms with Crippen LogP contribution in [0.4, 0.5) is 4.39 Å². The number of aryl methyl sites for hydroxylation is 1. The fourth-order valence-electron chi connectivity index (χ4n) is 2.82. The molecule has 5 heteroatoms. The van der Waals surface area contributed by atoms with Gasteiger partial charge in [-0.05, 0) is 47.2 Å². The van der Waals surface area contributed by atoms with E-state index in [2.05, 4.69) is 26.3 Å². The van der Waals surface area contributed by atoms with E-state index >= 15 is 0 Å². The first kappa shape index (κ1) is 24.3. The lowest BCUT2D eigenvalue weighted by Gasteiger charge is -2.08. The van der Waals surface area contributed by atoms with Gasteiger partial charge in [-0.2, -0.15) is 0 Å². The van der Waals surface area contributed by atoms with E-state index in [9.17, 15) is 14.0 Å². The number of hydrogen-bond acceptors (Lipinski definition) is 4. The van der Waals surface area contributed by atoms with Crippen molar-refractivity contribution >= 4 is 17.5 Å². The molecule has 0 N–H and O–H groups in total. The molecular formula is C27H25FO4. The summed E-state index contributed by atoms with van der Waals surface area (Å²) in [6, 6.07) is 12.7. The standard InChI is InChI=1S/C27H25FO4/c1-5-26(29)31-17-7-8-21-11-13-22(14-12-21)23-15-16-24(25(28)18-23)19(3)9-10-20(4)32-27(30)6-2/h5-6,9-16,18H,1-4,7-8,17H2/b10-9-. The summed E-state index contributed by atoms with van der Waals surface area (Å²) >= 11 is 0. The average molecular weight is 432 g/mol. The number of carbonyl (C=O) groups is 2. The van der Waals surface area contributed by atoms with Crippen molar-refractivity contribution in [2.45, 2.75) is 12.8 Å². The van der Waals surface area contributed by atoms with Gasteiger partial charge in [-0.15, -0.1) is 0 Å². The lowest BCUT2D eigenvalue weighted by atomic mass is 9.98. The number of ether oxygens (including phenoxy) is 2. The van der Waals surface area contributed by atoms with Crippen molar-refractivity contribution in [1.82, 2.24) is 0 Å². The van der Waals surface area contributed by atoms with Gasteiger partial charge in [0.25, 0.3) is 0 Å². The fourth-order valence-corrected chi connectivity index (χ4v) is 2.82. The summed E-state index contributed by atoms with van der Waals surface area (Å²) in [6.07, 6.45) is 6.60. The zero-order valence-corrected chi connectivity index (χ0v) is 17.8. The van der Waals surface area contributed by atoms with E-state index in [0.29, 0.717) is 24.2 Å². The van der Waals surface area contributed by atoms with Crippen LogP contribution in [0.5, 0.6) is 0 Å². The van der Waals surface area contributed by atoms with Gasteiger partial charge >= 0.3 is 11.9 Å².